The molecule has 0 saturated carbocycles. The molecule has 6 nitrogen and oxygen atoms in total. The highest BCUT2D eigenvalue weighted by atomic mass is 16.5. The first kappa shape index (κ1) is 21.0. The van der Waals surface area contributed by atoms with Crippen LogP contribution in [-0.2, 0) is 11.3 Å². The Bertz CT molecular complexity index is 1100. The van der Waals surface area contributed by atoms with E-state index < -0.39 is 0 Å². The molecule has 0 unspecified atom stereocenters. The first-order valence-electron chi connectivity index (χ1n) is 10.8. The first-order chi connectivity index (χ1) is 15.0. The van der Waals surface area contributed by atoms with Gasteiger partial charge in [0.2, 0.25) is 0 Å². The van der Waals surface area contributed by atoms with E-state index in [2.05, 4.69) is 21.3 Å². The molecular weight excluding hydrogens is 390 g/mol. The van der Waals surface area contributed by atoms with E-state index in [4.69, 9.17) is 4.74 Å². The summed E-state index contributed by atoms with van der Waals surface area (Å²) in [6.45, 7) is 6.95. The van der Waals surface area contributed by atoms with E-state index >= 15 is 0 Å². The van der Waals surface area contributed by atoms with Crippen LogP contribution in [0.5, 0.6) is 5.75 Å². The predicted molar refractivity (Wildman–Crippen MR) is 121 cm³/mol. The highest BCUT2D eigenvalue weighted by Gasteiger charge is 2.14. The Labute approximate surface area is 182 Å². The average Bonchev–Trinajstić information content (AvgIpc) is 3.29. The van der Waals surface area contributed by atoms with E-state index in [9.17, 15) is 9.59 Å². The van der Waals surface area contributed by atoms with Crippen molar-refractivity contribution in [1.82, 2.24) is 9.88 Å². The van der Waals surface area contributed by atoms with Crippen LogP contribution in [0.4, 0.5) is 5.69 Å². The molecule has 1 saturated heterocycles. The molecule has 1 fully saturated rings. The molecule has 31 heavy (non-hydrogen) atoms. The number of benzene rings is 2. The van der Waals surface area contributed by atoms with E-state index in [1.54, 1.807) is 31.2 Å². The number of ether oxygens (including phenoxy) is 1. The van der Waals surface area contributed by atoms with Crippen LogP contribution in [0, 0.1) is 6.92 Å². The summed E-state index contributed by atoms with van der Waals surface area (Å²) in [5.74, 6) is -0.0965. The molecule has 2 aromatic carbocycles. The lowest BCUT2D eigenvalue weighted by Gasteiger charge is -2.15. The average molecular weight is 418 g/mol. The number of amides is 1. The molecule has 0 spiro atoms. The van der Waals surface area contributed by atoms with Crippen LogP contribution in [-0.4, -0.2) is 34.8 Å². The van der Waals surface area contributed by atoms with E-state index in [-0.39, 0.29) is 11.9 Å². The third-order valence-electron chi connectivity index (χ3n) is 5.65. The summed E-state index contributed by atoms with van der Waals surface area (Å²) in [5, 5.41) is 4.05. The number of hydrogen-bond donors (Lipinski definition) is 1. The molecule has 4 rings (SSSR count). The Balaban J connectivity index is 1.48. The minimum absolute atomic E-state index is 0.221. The molecule has 1 N–H and O–H groups in total. The summed E-state index contributed by atoms with van der Waals surface area (Å²) in [7, 11) is 0. The zero-order chi connectivity index (χ0) is 21.8. The van der Waals surface area contributed by atoms with Crippen molar-refractivity contribution in [2.45, 2.75) is 39.7 Å². The van der Waals surface area contributed by atoms with Gasteiger partial charge in [-0.3, -0.25) is 19.5 Å². The van der Waals surface area contributed by atoms with Gasteiger partial charge in [-0.05, 0) is 80.4 Å². The van der Waals surface area contributed by atoms with Crippen LogP contribution in [0.1, 0.15) is 47.7 Å². The first-order valence-corrected chi connectivity index (χ1v) is 10.8. The van der Waals surface area contributed by atoms with Crippen molar-refractivity contribution in [1.29, 1.82) is 0 Å². The lowest BCUT2D eigenvalue weighted by atomic mass is 10.1. The molecule has 1 aliphatic rings. The fraction of sp³-hybridized carbons (Fsp3) is 0.320. The van der Waals surface area contributed by atoms with Crippen molar-refractivity contribution >= 4 is 28.5 Å². The number of aryl methyl sites for hydroxylation is 1. The van der Waals surface area contributed by atoms with Gasteiger partial charge in [0.1, 0.15) is 5.75 Å². The van der Waals surface area contributed by atoms with E-state index in [0.29, 0.717) is 17.7 Å². The third kappa shape index (κ3) is 4.91. The van der Waals surface area contributed by atoms with Crippen LogP contribution in [0.15, 0.2) is 48.7 Å². The number of likely N-dealkylation sites (tertiary alicyclic amines) is 1. The molecular formula is C25H27N3O3. The number of rotatable bonds is 6. The highest BCUT2D eigenvalue weighted by molar-refractivity contribution is 6.06. The topological polar surface area (TPSA) is 71.5 Å². The lowest BCUT2D eigenvalue weighted by molar-refractivity contribution is -0.134. The number of anilines is 1. The number of fused-ring (bicyclic) bond motifs is 1. The minimum atomic E-state index is -0.305. The maximum atomic E-state index is 12.7. The van der Waals surface area contributed by atoms with Crippen LogP contribution >= 0.6 is 0 Å². The lowest BCUT2D eigenvalue weighted by Crippen LogP contribution is -2.18. The second-order valence-corrected chi connectivity index (χ2v) is 7.94. The van der Waals surface area contributed by atoms with E-state index in [1.807, 2.05) is 25.3 Å². The van der Waals surface area contributed by atoms with Gasteiger partial charge in [0.15, 0.2) is 0 Å². The van der Waals surface area contributed by atoms with Crippen molar-refractivity contribution in [3.63, 3.8) is 0 Å². The molecule has 0 bridgehead atoms. The normalized spacial score (nSPS) is 14.0. The van der Waals surface area contributed by atoms with Crippen molar-refractivity contribution in [3.05, 3.63) is 65.4 Å². The van der Waals surface area contributed by atoms with Crippen LogP contribution in [0.25, 0.3) is 10.9 Å². The Morgan fingerprint density at radius 1 is 1.10 bits per heavy atom. The summed E-state index contributed by atoms with van der Waals surface area (Å²) in [5.41, 5.74) is 4.27. The van der Waals surface area contributed by atoms with Crippen molar-refractivity contribution in [3.8, 4) is 5.75 Å². The van der Waals surface area contributed by atoms with Gasteiger partial charge in [0, 0.05) is 35.8 Å². The molecule has 2 heterocycles. The number of carbonyl (C=O) groups is 2. The van der Waals surface area contributed by atoms with E-state index in [0.717, 1.165) is 41.8 Å². The van der Waals surface area contributed by atoms with Gasteiger partial charge in [-0.2, -0.15) is 0 Å². The predicted octanol–water partition coefficient (Wildman–Crippen LogP) is 4.71. The summed E-state index contributed by atoms with van der Waals surface area (Å²) in [4.78, 5) is 31.2. The zero-order valence-electron chi connectivity index (χ0n) is 18.0. The monoisotopic (exact) mass is 417 g/mol. The minimum Gasteiger partial charge on any atom is -0.427 e. The zero-order valence-corrected chi connectivity index (χ0v) is 18.0. The fourth-order valence-electron chi connectivity index (χ4n) is 3.89. The molecule has 0 aliphatic carbocycles. The third-order valence-corrected chi connectivity index (χ3v) is 5.65. The fourth-order valence-corrected chi connectivity index (χ4v) is 3.89. The van der Waals surface area contributed by atoms with Crippen LogP contribution in [0.2, 0.25) is 0 Å². The highest BCUT2D eigenvalue weighted by Crippen LogP contribution is 2.26. The number of esters is 1. The molecule has 1 aromatic heterocycles. The van der Waals surface area contributed by atoms with Crippen molar-refractivity contribution < 1.29 is 14.3 Å². The Hall–Kier alpha value is -3.25. The van der Waals surface area contributed by atoms with Gasteiger partial charge in [0.05, 0.1) is 5.52 Å². The Morgan fingerprint density at radius 3 is 2.55 bits per heavy atom. The van der Waals surface area contributed by atoms with Crippen molar-refractivity contribution in [2.24, 2.45) is 0 Å². The Kier molecular flexibility index (Phi) is 6.28. The van der Waals surface area contributed by atoms with Gasteiger partial charge in [-0.15, -0.1) is 0 Å². The van der Waals surface area contributed by atoms with Gasteiger partial charge in [-0.1, -0.05) is 13.0 Å². The van der Waals surface area contributed by atoms with Gasteiger partial charge < -0.3 is 10.1 Å². The van der Waals surface area contributed by atoms with Gasteiger partial charge in [-0.25, -0.2) is 0 Å². The number of nitrogens with one attached hydrogen (secondary N) is 1. The molecule has 160 valence electrons. The summed E-state index contributed by atoms with van der Waals surface area (Å²) in [6, 6.07) is 12.7. The Morgan fingerprint density at radius 2 is 1.84 bits per heavy atom. The quantitative estimate of drug-likeness (QED) is 0.465. The smallest absolute Gasteiger partial charge is 0.310 e. The summed E-state index contributed by atoms with van der Waals surface area (Å²) < 4.78 is 5.15. The summed E-state index contributed by atoms with van der Waals surface area (Å²) in [6.07, 6.45) is 4.79. The molecule has 6 heteroatoms. The van der Waals surface area contributed by atoms with E-state index in [1.165, 1.54) is 18.4 Å². The molecule has 1 aliphatic heterocycles. The SMILES string of the molecule is CCC(=O)Oc1ccc(C(=O)Nc2ccc3cc(CN4CCCC4)cnc3c2C)cc1. The number of aromatic nitrogens is 1. The number of pyridine rings is 1. The number of hydrogen-bond acceptors (Lipinski definition) is 5. The second-order valence-electron chi connectivity index (χ2n) is 7.94. The van der Waals surface area contributed by atoms with Gasteiger partial charge >= 0.3 is 5.97 Å². The van der Waals surface area contributed by atoms with Crippen LogP contribution < -0.4 is 10.1 Å². The van der Waals surface area contributed by atoms with Crippen LogP contribution in [0.3, 0.4) is 0 Å². The molecule has 1 amide bonds. The van der Waals surface area contributed by atoms with Crippen molar-refractivity contribution in [2.75, 3.05) is 18.4 Å². The summed E-state index contributed by atoms with van der Waals surface area (Å²) >= 11 is 0. The maximum Gasteiger partial charge on any atom is 0.310 e. The molecule has 0 radical (unpaired) electrons. The maximum absolute atomic E-state index is 12.7. The largest absolute Gasteiger partial charge is 0.427 e. The standard InChI is InChI=1S/C25H27N3O3/c1-3-23(29)31-21-9-6-19(7-10-21)25(30)27-22-11-8-20-14-18(15-26-24(20)17(22)2)16-28-12-4-5-13-28/h6-11,14-15H,3-5,12-13,16H2,1-2H3,(H,27,30). The number of carbonyl (C=O) groups excluding carboxylic acids is 2. The molecule has 0 atom stereocenters. The molecule has 3 aromatic rings. The second kappa shape index (κ2) is 9.27. The number of nitrogens with zero attached hydrogens (tertiary/aromatic N) is 2. The van der Waals surface area contributed by atoms with Gasteiger partial charge in [0.25, 0.3) is 5.91 Å².